The molecule has 3 aromatic rings. The van der Waals surface area contributed by atoms with E-state index in [1.807, 2.05) is 13.8 Å². The molecule has 1 saturated carbocycles. The summed E-state index contributed by atoms with van der Waals surface area (Å²) in [6.45, 7) is 6.33. The minimum atomic E-state index is -4.68. The fourth-order valence-corrected chi connectivity index (χ4v) is 6.61. The Morgan fingerprint density at radius 2 is 1.87 bits per heavy atom. The summed E-state index contributed by atoms with van der Waals surface area (Å²) in [6.07, 6.45) is -3.19. The first kappa shape index (κ1) is 24.9. The van der Waals surface area contributed by atoms with Crippen LogP contribution in [0.5, 0.6) is 0 Å². The summed E-state index contributed by atoms with van der Waals surface area (Å²) in [5.41, 5.74) is 0.0400. The number of pyridine rings is 2. The molecule has 3 aromatic heterocycles. The quantitative estimate of drug-likeness (QED) is 0.472. The van der Waals surface area contributed by atoms with Crippen molar-refractivity contribution in [1.29, 1.82) is 0 Å². The van der Waals surface area contributed by atoms with Gasteiger partial charge in [0.05, 0.1) is 45.9 Å². The van der Waals surface area contributed by atoms with Gasteiger partial charge in [-0.15, -0.1) is 11.3 Å². The minimum absolute atomic E-state index is 0.0484. The van der Waals surface area contributed by atoms with Crippen molar-refractivity contribution in [3.63, 3.8) is 0 Å². The normalized spacial score (nSPS) is 22.5. The summed E-state index contributed by atoms with van der Waals surface area (Å²) in [4.78, 5) is 48.4. The molecule has 3 amide bonds. The summed E-state index contributed by atoms with van der Waals surface area (Å²) in [5, 5.41) is 5.80. The predicted octanol–water partition coefficient (Wildman–Crippen LogP) is 3.98. The molecule has 12 heteroatoms. The summed E-state index contributed by atoms with van der Waals surface area (Å²) in [6, 6.07) is 4.29. The molecule has 3 fully saturated rings. The minimum Gasteiger partial charge on any atom is -0.324 e. The van der Waals surface area contributed by atoms with Gasteiger partial charge in [-0.05, 0) is 30.5 Å². The van der Waals surface area contributed by atoms with Crippen molar-refractivity contribution in [1.82, 2.24) is 20.2 Å². The van der Waals surface area contributed by atoms with E-state index in [1.54, 1.807) is 12.1 Å². The molecule has 0 bridgehead atoms. The van der Waals surface area contributed by atoms with Gasteiger partial charge in [-0.1, -0.05) is 13.8 Å². The Kier molecular flexibility index (Phi) is 5.45. The molecule has 2 N–H and O–H groups in total. The third kappa shape index (κ3) is 3.80. The number of fused-ring (bicyclic) bond motifs is 2. The van der Waals surface area contributed by atoms with E-state index in [2.05, 4.69) is 20.6 Å². The lowest BCUT2D eigenvalue weighted by Gasteiger charge is -2.27. The number of hydrogen-bond donors (Lipinski definition) is 2. The number of amides is 3. The molecule has 8 nitrogen and oxygen atoms in total. The number of likely N-dealkylation sites (tertiary alicyclic amines) is 1. The van der Waals surface area contributed by atoms with E-state index >= 15 is 0 Å². The molecule has 0 spiro atoms. The molecular weight excluding hydrogens is 519 g/mol. The Bertz CT molecular complexity index is 1500. The third-order valence-corrected chi connectivity index (χ3v) is 8.99. The van der Waals surface area contributed by atoms with Crippen LogP contribution in [-0.4, -0.2) is 45.7 Å². The number of carbonyl (C=O) groups is 3. The van der Waals surface area contributed by atoms with Crippen LogP contribution < -0.4 is 10.6 Å². The van der Waals surface area contributed by atoms with Crippen LogP contribution in [-0.2, 0) is 27.1 Å². The number of aromatic nitrogens is 2. The highest BCUT2D eigenvalue weighted by molar-refractivity contribution is 7.19. The predicted molar refractivity (Wildman–Crippen MR) is 134 cm³/mol. The second kappa shape index (κ2) is 8.31. The Morgan fingerprint density at radius 3 is 2.47 bits per heavy atom. The number of nitrogens with zero attached hydrogens (tertiary/aromatic N) is 3. The number of thiophene rings is 1. The fourth-order valence-electron chi connectivity index (χ4n) is 5.48. The van der Waals surface area contributed by atoms with Crippen LogP contribution in [0.4, 0.5) is 18.9 Å². The van der Waals surface area contributed by atoms with Gasteiger partial charge in [0, 0.05) is 35.3 Å². The molecule has 1 aliphatic carbocycles. The number of piperidine rings is 1. The highest BCUT2D eigenvalue weighted by Gasteiger charge is 2.72. The first-order valence-corrected chi connectivity index (χ1v) is 13.0. The average Bonchev–Trinajstić information content (AvgIpc) is 3.05. The van der Waals surface area contributed by atoms with Gasteiger partial charge in [0.1, 0.15) is 5.69 Å². The van der Waals surface area contributed by atoms with Crippen molar-refractivity contribution in [2.75, 3.05) is 18.4 Å². The van der Waals surface area contributed by atoms with Gasteiger partial charge in [0.15, 0.2) is 0 Å². The van der Waals surface area contributed by atoms with Gasteiger partial charge in [0.2, 0.25) is 17.7 Å². The summed E-state index contributed by atoms with van der Waals surface area (Å²) in [5.74, 6) is -1.54. The lowest BCUT2D eigenvalue weighted by atomic mass is 9.99. The largest absolute Gasteiger partial charge is 0.433 e. The molecule has 38 heavy (non-hydrogen) atoms. The van der Waals surface area contributed by atoms with E-state index in [-0.39, 0.29) is 64.4 Å². The van der Waals surface area contributed by atoms with Gasteiger partial charge in [-0.25, -0.2) is 4.98 Å². The monoisotopic (exact) mass is 543 g/mol. The number of nitrogens with one attached hydrogen (secondary N) is 2. The number of alkyl halides is 3. The van der Waals surface area contributed by atoms with Crippen molar-refractivity contribution >= 4 is 45.0 Å². The van der Waals surface area contributed by atoms with E-state index in [9.17, 15) is 27.6 Å². The molecule has 2 unspecified atom stereocenters. The molecule has 2 saturated heterocycles. The summed E-state index contributed by atoms with van der Waals surface area (Å²) >= 11 is 1.26. The van der Waals surface area contributed by atoms with Crippen molar-refractivity contribution in [2.45, 2.75) is 33.5 Å². The number of rotatable bonds is 5. The molecule has 2 aliphatic heterocycles. The third-order valence-electron chi connectivity index (χ3n) is 7.85. The molecular formula is C26H24F3N5O3S. The average molecular weight is 544 g/mol. The highest BCUT2D eigenvalue weighted by atomic mass is 32.1. The van der Waals surface area contributed by atoms with Crippen LogP contribution >= 0.6 is 11.3 Å². The number of imide groups is 1. The Labute approximate surface area is 219 Å². The van der Waals surface area contributed by atoms with Crippen LogP contribution in [0.3, 0.4) is 0 Å². The SMILES string of the molecule is Cc1nc(C(F)(F)F)cc(-c2ccnc3cc(CN4C(=O)C5C(C4=O)C5(C)C)sc23)c1NC(=O)C1CNC1. The molecule has 6 rings (SSSR count). The van der Waals surface area contributed by atoms with Gasteiger partial charge >= 0.3 is 6.18 Å². The topological polar surface area (TPSA) is 104 Å². The molecule has 2 atom stereocenters. The zero-order valence-electron chi connectivity index (χ0n) is 20.8. The standard InChI is InChI=1S/C26H24F3N5O3S/c1-11-20(33-22(35)12-8-30-9-12)15(7-17(32-11)26(27,28)29)14-4-5-31-16-6-13(38-21(14)16)10-34-23(36)18-19(24(34)37)25(18,2)3/h4-7,12,18-19,30H,8-10H2,1-3H3,(H,33,35). The van der Waals surface area contributed by atoms with E-state index in [1.165, 1.54) is 29.4 Å². The number of halogens is 3. The molecule has 3 aliphatic rings. The maximum absolute atomic E-state index is 13.7. The first-order valence-electron chi connectivity index (χ1n) is 12.2. The van der Waals surface area contributed by atoms with Crippen LogP contribution in [0, 0.1) is 30.1 Å². The number of carbonyl (C=O) groups excluding carboxylic acids is 3. The lowest BCUT2D eigenvalue weighted by Crippen LogP contribution is -2.48. The zero-order valence-corrected chi connectivity index (χ0v) is 21.6. The summed E-state index contributed by atoms with van der Waals surface area (Å²) in [7, 11) is 0. The van der Waals surface area contributed by atoms with E-state index in [0.29, 0.717) is 33.7 Å². The van der Waals surface area contributed by atoms with Crippen molar-refractivity contribution in [3.8, 4) is 11.1 Å². The first-order chi connectivity index (χ1) is 17.9. The Morgan fingerprint density at radius 1 is 1.18 bits per heavy atom. The highest BCUT2D eigenvalue weighted by Crippen LogP contribution is 2.63. The van der Waals surface area contributed by atoms with Gasteiger partial charge in [0.25, 0.3) is 0 Å². The van der Waals surface area contributed by atoms with Gasteiger partial charge in [-0.2, -0.15) is 13.2 Å². The van der Waals surface area contributed by atoms with E-state index in [4.69, 9.17) is 0 Å². The molecule has 0 radical (unpaired) electrons. The van der Waals surface area contributed by atoms with Crippen molar-refractivity contribution < 1.29 is 27.6 Å². The molecule has 198 valence electrons. The smallest absolute Gasteiger partial charge is 0.324 e. The zero-order chi connectivity index (χ0) is 27.1. The Balaban J connectivity index is 1.40. The van der Waals surface area contributed by atoms with E-state index in [0.717, 1.165) is 6.07 Å². The van der Waals surface area contributed by atoms with Crippen molar-refractivity contribution in [2.24, 2.45) is 23.2 Å². The lowest BCUT2D eigenvalue weighted by molar-refractivity contribution is -0.144. The number of aryl methyl sites for hydroxylation is 1. The van der Waals surface area contributed by atoms with Crippen LogP contribution in [0.15, 0.2) is 24.4 Å². The van der Waals surface area contributed by atoms with E-state index < -0.39 is 11.9 Å². The summed E-state index contributed by atoms with van der Waals surface area (Å²) < 4.78 is 41.8. The molecule has 0 aromatic carbocycles. The van der Waals surface area contributed by atoms with Gasteiger partial charge < -0.3 is 10.6 Å². The Hall–Kier alpha value is -3.38. The van der Waals surface area contributed by atoms with Crippen LogP contribution in [0.2, 0.25) is 0 Å². The second-order valence-electron chi connectivity index (χ2n) is 10.7. The second-order valence-corrected chi connectivity index (χ2v) is 11.8. The van der Waals surface area contributed by atoms with Crippen LogP contribution in [0.1, 0.15) is 30.1 Å². The molecule has 5 heterocycles. The maximum atomic E-state index is 13.7. The van der Waals surface area contributed by atoms with Crippen molar-refractivity contribution in [3.05, 3.63) is 40.7 Å². The van der Waals surface area contributed by atoms with Gasteiger partial charge in [-0.3, -0.25) is 24.3 Å². The fraction of sp³-hybridized carbons (Fsp3) is 0.423. The number of anilines is 1. The number of hydrogen-bond acceptors (Lipinski definition) is 7. The van der Waals surface area contributed by atoms with Crippen LogP contribution in [0.25, 0.3) is 21.3 Å². The maximum Gasteiger partial charge on any atom is 0.433 e.